The largest absolute Gasteiger partial charge is 0.359 e. The third-order valence-electron chi connectivity index (χ3n) is 1.53. The first kappa shape index (κ1) is 8.72. The number of carbonyl (C=O) groups excluding carboxylic acids is 1. The summed E-state index contributed by atoms with van der Waals surface area (Å²) in [4.78, 5) is 27.8. The Morgan fingerprint density at radius 3 is 2.92 bits per heavy atom. The molecule has 1 N–H and O–H groups in total. The lowest BCUT2D eigenvalue weighted by molar-refractivity contribution is -0.839. The van der Waals surface area contributed by atoms with E-state index in [0.717, 1.165) is 13.0 Å². The standard InChI is InChI=1S/C5H8N2O5/c8-5(11-12-7(9)10)4-2-1-3-6-4/h4,6H,1-3H2/t4-/m0/s1. The Labute approximate surface area is 67.7 Å². The van der Waals surface area contributed by atoms with E-state index in [1.54, 1.807) is 0 Å². The lowest BCUT2D eigenvalue weighted by Crippen LogP contribution is -2.32. The number of nitrogens with one attached hydrogen (secondary N) is 1. The molecule has 1 aliphatic heterocycles. The quantitative estimate of drug-likeness (QED) is 0.351. The van der Waals surface area contributed by atoms with Crippen LogP contribution < -0.4 is 5.32 Å². The molecule has 68 valence electrons. The van der Waals surface area contributed by atoms with Crippen molar-refractivity contribution < 1.29 is 19.8 Å². The van der Waals surface area contributed by atoms with Crippen molar-refractivity contribution in [2.45, 2.75) is 18.9 Å². The molecule has 7 nitrogen and oxygen atoms in total. The van der Waals surface area contributed by atoms with Gasteiger partial charge in [-0.3, -0.25) is 4.89 Å². The van der Waals surface area contributed by atoms with Crippen molar-refractivity contribution in [1.29, 1.82) is 0 Å². The summed E-state index contributed by atoms with van der Waals surface area (Å²) >= 11 is 0. The monoisotopic (exact) mass is 176 g/mol. The zero-order valence-corrected chi connectivity index (χ0v) is 6.19. The molecule has 7 heteroatoms. The molecule has 0 spiro atoms. The van der Waals surface area contributed by atoms with Crippen LogP contribution in [0, 0.1) is 10.1 Å². The zero-order chi connectivity index (χ0) is 8.97. The molecule has 0 saturated carbocycles. The van der Waals surface area contributed by atoms with Crippen LogP contribution in [-0.2, 0) is 14.7 Å². The summed E-state index contributed by atoms with van der Waals surface area (Å²) in [6.07, 6.45) is 1.48. The van der Waals surface area contributed by atoms with E-state index in [2.05, 4.69) is 15.2 Å². The molecule has 0 bridgehead atoms. The summed E-state index contributed by atoms with van der Waals surface area (Å²) in [5, 5.41) is 11.2. The third kappa shape index (κ3) is 2.35. The van der Waals surface area contributed by atoms with Gasteiger partial charge >= 0.3 is 11.1 Å². The fourth-order valence-electron chi connectivity index (χ4n) is 1.01. The maximum Gasteiger partial charge on any atom is 0.359 e. The Bertz CT molecular complexity index is 188. The van der Waals surface area contributed by atoms with Crippen molar-refractivity contribution >= 4 is 5.97 Å². The van der Waals surface area contributed by atoms with Gasteiger partial charge in [0.25, 0.3) is 0 Å². The Morgan fingerprint density at radius 2 is 2.42 bits per heavy atom. The fraction of sp³-hybridized carbons (Fsp3) is 0.800. The third-order valence-corrected chi connectivity index (χ3v) is 1.53. The van der Waals surface area contributed by atoms with Crippen LogP contribution in [0.25, 0.3) is 0 Å². The van der Waals surface area contributed by atoms with E-state index in [0.29, 0.717) is 6.42 Å². The van der Waals surface area contributed by atoms with E-state index >= 15 is 0 Å². The highest BCUT2D eigenvalue weighted by Gasteiger charge is 2.24. The molecule has 1 saturated heterocycles. The molecular weight excluding hydrogens is 168 g/mol. The summed E-state index contributed by atoms with van der Waals surface area (Å²) in [5.74, 6) is -0.746. The van der Waals surface area contributed by atoms with Gasteiger partial charge in [-0.2, -0.15) is 0 Å². The molecule has 0 amide bonds. The number of nitrogens with zero attached hydrogens (tertiary/aromatic N) is 1. The predicted octanol–water partition coefficient (Wildman–Crippen LogP) is -0.595. The molecule has 0 aromatic carbocycles. The van der Waals surface area contributed by atoms with Gasteiger partial charge in [0, 0.05) is 0 Å². The first-order valence-corrected chi connectivity index (χ1v) is 3.46. The van der Waals surface area contributed by atoms with Crippen molar-refractivity contribution in [2.24, 2.45) is 0 Å². The normalized spacial score (nSPS) is 21.8. The first-order valence-electron chi connectivity index (χ1n) is 3.46. The highest BCUT2D eigenvalue weighted by Crippen LogP contribution is 2.06. The fourth-order valence-corrected chi connectivity index (χ4v) is 1.01. The zero-order valence-electron chi connectivity index (χ0n) is 6.19. The molecule has 0 aromatic heterocycles. The summed E-state index contributed by atoms with van der Waals surface area (Å²) < 4.78 is 0. The minimum atomic E-state index is -1.17. The van der Waals surface area contributed by atoms with Crippen molar-refractivity contribution in [3.8, 4) is 0 Å². The second-order valence-electron chi connectivity index (χ2n) is 2.35. The van der Waals surface area contributed by atoms with E-state index in [1.165, 1.54) is 0 Å². The number of hydrogen-bond donors (Lipinski definition) is 1. The first-order chi connectivity index (χ1) is 5.70. The van der Waals surface area contributed by atoms with Crippen LogP contribution in [0.4, 0.5) is 0 Å². The van der Waals surface area contributed by atoms with Crippen molar-refractivity contribution in [1.82, 2.24) is 5.32 Å². The molecule has 1 fully saturated rings. The second kappa shape index (κ2) is 3.86. The van der Waals surface area contributed by atoms with Crippen LogP contribution >= 0.6 is 0 Å². The van der Waals surface area contributed by atoms with E-state index in [1.807, 2.05) is 0 Å². The Morgan fingerprint density at radius 1 is 1.67 bits per heavy atom. The van der Waals surface area contributed by atoms with Gasteiger partial charge in [-0.05, 0) is 19.4 Å². The van der Waals surface area contributed by atoms with Gasteiger partial charge in [0.1, 0.15) is 6.04 Å². The number of carbonyl (C=O) groups is 1. The van der Waals surface area contributed by atoms with Crippen LogP contribution in [-0.4, -0.2) is 23.6 Å². The molecular formula is C5H8N2O5. The van der Waals surface area contributed by atoms with E-state index in [-0.39, 0.29) is 0 Å². The van der Waals surface area contributed by atoms with Crippen LogP contribution in [0.15, 0.2) is 0 Å². The van der Waals surface area contributed by atoms with Crippen LogP contribution in [0.2, 0.25) is 0 Å². The van der Waals surface area contributed by atoms with Gasteiger partial charge in [0.15, 0.2) is 0 Å². The van der Waals surface area contributed by atoms with Gasteiger partial charge < -0.3 is 5.32 Å². The van der Waals surface area contributed by atoms with Crippen molar-refractivity contribution in [3.05, 3.63) is 10.1 Å². The van der Waals surface area contributed by atoms with Gasteiger partial charge in [0.05, 0.1) is 0 Å². The number of hydrogen-bond acceptors (Lipinski definition) is 6. The van der Waals surface area contributed by atoms with Crippen molar-refractivity contribution in [3.63, 3.8) is 0 Å². The molecule has 1 heterocycles. The Balaban J connectivity index is 2.23. The summed E-state index contributed by atoms with van der Waals surface area (Å²) in [5.41, 5.74) is 0. The summed E-state index contributed by atoms with van der Waals surface area (Å²) in [6.45, 7) is 0.720. The van der Waals surface area contributed by atoms with Crippen molar-refractivity contribution in [2.75, 3.05) is 6.54 Å². The molecule has 1 atom stereocenters. The van der Waals surface area contributed by atoms with Crippen LogP contribution in [0.3, 0.4) is 0 Å². The maximum absolute atomic E-state index is 10.8. The molecule has 0 aromatic rings. The van der Waals surface area contributed by atoms with E-state index in [4.69, 9.17) is 0 Å². The van der Waals surface area contributed by atoms with E-state index in [9.17, 15) is 14.9 Å². The molecule has 0 unspecified atom stereocenters. The highest BCUT2D eigenvalue weighted by atomic mass is 17.3. The minimum absolute atomic E-state index is 0.468. The molecule has 0 aliphatic carbocycles. The molecule has 1 aliphatic rings. The average Bonchev–Trinajstić information content (AvgIpc) is 2.51. The second-order valence-corrected chi connectivity index (χ2v) is 2.35. The van der Waals surface area contributed by atoms with Gasteiger partial charge in [0.2, 0.25) is 0 Å². The molecule has 0 radical (unpaired) electrons. The number of rotatable bonds is 3. The molecule has 1 rings (SSSR count). The Hall–Kier alpha value is -1.37. The maximum atomic E-state index is 10.8. The smallest absolute Gasteiger partial charge is 0.304 e. The topological polar surface area (TPSA) is 90.7 Å². The molecule has 12 heavy (non-hydrogen) atoms. The van der Waals surface area contributed by atoms with E-state index < -0.39 is 17.1 Å². The van der Waals surface area contributed by atoms with Crippen LogP contribution in [0.5, 0.6) is 0 Å². The summed E-state index contributed by atoms with van der Waals surface area (Å²) in [7, 11) is 0. The predicted molar refractivity (Wildman–Crippen MR) is 35.2 cm³/mol. The highest BCUT2D eigenvalue weighted by molar-refractivity contribution is 5.75. The lowest BCUT2D eigenvalue weighted by atomic mass is 10.2. The average molecular weight is 176 g/mol. The summed E-state index contributed by atoms with van der Waals surface area (Å²) in [6, 6.07) is -0.468. The lowest BCUT2D eigenvalue weighted by Gasteiger charge is -2.05. The SMILES string of the molecule is O=C(OO[N+](=O)[O-])[C@@H]1CCCN1. The Kier molecular flexibility index (Phi) is 2.81. The van der Waals surface area contributed by atoms with Gasteiger partial charge in [-0.15, -0.1) is 10.1 Å². The minimum Gasteiger partial charge on any atom is -0.304 e. The van der Waals surface area contributed by atoms with Gasteiger partial charge in [-0.1, -0.05) is 4.99 Å². The van der Waals surface area contributed by atoms with Crippen LogP contribution in [0.1, 0.15) is 12.8 Å². The van der Waals surface area contributed by atoms with Gasteiger partial charge in [-0.25, -0.2) is 4.79 Å².